The number of fused-ring (bicyclic) bond motifs is 4. The molecule has 0 bridgehead atoms. The van der Waals surface area contributed by atoms with E-state index in [1.54, 1.807) is 23.1 Å². The van der Waals surface area contributed by atoms with E-state index >= 15 is 0 Å². The lowest BCUT2D eigenvalue weighted by atomic mass is 10.1. The number of rotatable bonds is 3. The normalized spacial score (nSPS) is 19.6. The Balaban J connectivity index is 1.43. The minimum absolute atomic E-state index is 0.0262. The van der Waals surface area contributed by atoms with Gasteiger partial charge in [0.05, 0.1) is 12.3 Å². The number of amides is 1. The van der Waals surface area contributed by atoms with Gasteiger partial charge in [0, 0.05) is 21.8 Å². The number of hydrogen-bond acceptors (Lipinski definition) is 5. The zero-order valence-corrected chi connectivity index (χ0v) is 16.7. The molecular weight excluding hydrogens is 388 g/mol. The largest absolute Gasteiger partial charge is 0.391 e. The van der Waals surface area contributed by atoms with Crippen molar-refractivity contribution < 1.29 is 9.63 Å². The highest BCUT2D eigenvalue weighted by atomic mass is 32.2. The van der Waals surface area contributed by atoms with Gasteiger partial charge in [-0.15, -0.1) is 23.1 Å². The standard InChI is InChI=1S/C22H18N2O2S2/c25-21-16-8-4-5-9-17(16)22-24(21)12-20-18(10-11-27-20)19(14-28-22)23-26-13-15-6-2-1-3-7-15/h1-11,22H,12-14H2/b23-19+/t22-/m1/s1. The van der Waals surface area contributed by atoms with E-state index in [2.05, 4.69) is 22.7 Å². The van der Waals surface area contributed by atoms with Crippen molar-refractivity contribution in [3.8, 4) is 0 Å². The molecule has 6 heteroatoms. The van der Waals surface area contributed by atoms with Gasteiger partial charge in [0.1, 0.15) is 12.0 Å². The summed E-state index contributed by atoms with van der Waals surface area (Å²) in [4.78, 5) is 21.7. The molecule has 0 fully saturated rings. The SMILES string of the molecule is O=C1c2ccccc2[C@H]2SC/C(=N\OCc3ccccc3)c3ccsc3CN12. The van der Waals surface area contributed by atoms with Gasteiger partial charge >= 0.3 is 0 Å². The number of nitrogens with zero attached hydrogens (tertiary/aromatic N) is 2. The number of thioether (sulfide) groups is 1. The number of hydrogen-bond donors (Lipinski definition) is 0. The summed E-state index contributed by atoms with van der Waals surface area (Å²) in [5.41, 5.74) is 5.04. The van der Waals surface area contributed by atoms with Crippen molar-refractivity contribution in [1.29, 1.82) is 0 Å². The lowest BCUT2D eigenvalue weighted by Gasteiger charge is -2.27. The first kappa shape index (κ1) is 17.5. The summed E-state index contributed by atoms with van der Waals surface area (Å²) < 4.78 is 0. The van der Waals surface area contributed by atoms with Crippen molar-refractivity contribution in [3.63, 3.8) is 0 Å². The average Bonchev–Trinajstić information content (AvgIpc) is 3.28. The first-order chi connectivity index (χ1) is 13.8. The van der Waals surface area contributed by atoms with Crippen LogP contribution in [0.15, 0.2) is 71.2 Å². The Bertz CT molecular complexity index is 1050. The molecule has 0 radical (unpaired) electrons. The first-order valence-corrected chi connectivity index (χ1v) is 11.0. The van der Waals surface area contributed by atoms with Gasteiger partial charge in [-0.2, -0.15) is 0 Å². The van der Waals surface area contributed by atoms with Gasteiger partial charge in [-0.1, -0.05) is 53.7 Å². The van der Waals surface area contributed by atoms with Crippen molar-refractivity contribution in [2.75, 3.05) is 5.75 Å². The minimum Gasteiger partial charge on any atom is -0.391 e. The van der Waals surface area contributed by atoms with E-state index in [9.17, 15) is 4.79 Å². The lowest BCUT2D eigenvalue weighted by Crippen LogP contribution is -2.29. The Hall–Kier alpha value is -2.57. The Morgan fingerprint density at radius 3 is 2.75 bits per heavy atom. The first-order valence-electron chi connectivity index (χ1n) is 9.12. The van der Waals surface area contributed by atoms with E-state index < -0.39 is 0 Å². The molecular formula is C22H18N2O2S2. The fourth-order valence-corrected chi connectivity index (χ4v) is 5.77. The molecule has 0 spiro atoms. The maximum absolute atomic E-state index is 12.9. The molecule has 4 nitrogen and oxygen atoms in total. The minimum atomic E-state index is 0.0262. The van der Waals surface area contributed by atoms with Crippen molar-refractivity contribution in [2.45, 2.75) is 18.5 Å². The summed E-state index contributed by atoms with van der Waals surface area (Å²) in [6.07, 6.45) is 0. The topological polar surface area (TPSA) is 41.9 Å². The molecule has 3 heterocycles. The van der Waals surface area contributed by atoms with E-state index in [-0.39, 0.29) is 11.3 Å². The summed E-state index contributed by atoms with van der Waals surface area (Å²) in [6, 6.07) is 20.1. The van der Waals surface area contributed by atoms with Gasteiger partial charge in [0.15, 0.2) is 0 Å². The Morgan fingerprint density at radius 1 is 1.04 bits per heavy atom. The summed E-state index contributed by atoms with van der Waals surface area (Å²) in [5, 5.41) is 6.57. The van der Waals surface area contributed by atoms with Crippen LogP contribution in [0.3, 0.4) is 0 Å². The van der Waals surface area contributed by atoms with E-state index in [0.717, 1.165) is 32.8 Å². The molecule has 1 atom stereocenters. The molecule has 2 aliphatic rings. The number of carbonyl (C=O) groups is 1. The van der Waals surface area contributed by atoms with Crippen LogP contribution >= 0.6 is 23.1 Å². The summed E-state index contributed by atoms with van der Waals surface area (Å²) in [7, 11) is 0. The van der Waals surface area contributed by atoms with Crippen LogP contribution in [0.25, 0.3) is 0 Å². The third-order valence-electron chi connectivity index (χ3n) is 5.00. The van der Waals surface area contributed by atoms with Gasteiger partial charge in [0.25, 0.3) is 5.91 Å². The number of carbonyl (C=O) groups excluding carboxylic acids is 1. The molecule has 0 aliphatic carbocycles. The van der Waals surface area contributed by atoms with Gasteiger partial charge in [-0.3, -0.25) is 4.79 Å². The maximum atomic E-state index is 12.9. The molecule has 1 amide bonds. The van der Waals surface area contributed by atoms with Gasteiger partial charge in [-0.05, 0) is 28.6 Å². The third-order valence-corrected chi connectivity index (χ3v) is 7.17. The highest BCUT2D eigenvalue weighted by Gasteiger charge is 2.38. The van der Waals surface area contributed by atoms with E-state index in [0.29, 0.717) is 18.9 Å². The predicted octanol–water partition coefficient (Wildman–Crippen LogP) is 5.07. The lowest BCUT2D eigenvalue weighted by molar-refractivity contribution is 0.0763. The Labute approximate surface area is 171 Å². The molecule has 3 aromatic rings. The number of thiophene rings is 1. The van der Waals surface area contributed by atoms with Crippen LogP contribution in [0.1, 0.15) is 37.3 Å². The molecule has 1 aromatic heterocycles. The Kier molecular flexibility index (Phi) is 4.66. The predicted molar refractivity (Wildman–Crippen MR) is 114 cm³/mol. The molecule has 5 rings (SSSR count). The van der Waals surface area contributed by atoms with Crippen molar-refractivity contribution >= 4 is 34.7 Å². The van der Waals surface area contributed by atoms with Gasteiger partial charge < -0.3 is 9.74 Å². The number of benzene rings is 2. The molecule has 140 valence electrons. The second kappa shape index (κ2) is 7.45. The summed E-state index contributed by atoms with van der Waals surface area (Å²) >= 11 is 3.41. The van der Waals surface area contributed by atoms with Crippen LogP contribution in [0.5, 0.6) is 0 Å². The maximum Gasteiger partial charge on any atom is 0.255 e. The van der Waals surface area contributed by atoms with Crippen molar-refractivity contribution in [3.05, 3.63) is 93.2 Å². The molecule has 0 saturated heterocycles. The quantitative estimate of drug-likeness (QED) is 0.570. The molecule has 2 aromatic carbocycles. The zero-order valence-electron chi connectivity index (χ0n) is 15.1. The summed E-state index contributed by atoms with van der Waals surface area (Å²) in [6.45, 7) is 1.06. The second-order valence-corrected chi connectivity index (χ2v) is 8.81. The fraction of sp³-hybridized carbons (Fsp3) is 0.182. The molecule has 0 unspecified atom stereocenters. The van der Waals surface area contributed by atoms with Crippen LogP contribution in [-0.4, -0.2) is 22.3 Å². The third kappa shape index (κ3) is 3.12. The average molecular weight is 407 g/mol. The monoisotopic (exact) mass is 406 g/mol. The van der Waals surface area contributed by atoms with Crippen molar-refractivity contribution in [1.82, 2.24) is 4.90 Å². The molecule has 0 N–H and O–H groups in total. The smallest absolute Gasteiger partial charge is 0.255 e. The van der Waals surface area contributed by atoms with Crippen molar-refractivity contribution in [2.24, 2.45) is 5.16 Å². The Morgan fingerprint density at radius 2 is 1.86 bits per heavy atom. The summed E-state index contributed by atoms with van der Waals surface area (Å²) in [5.74, 6) is 0.814. The zero-order chi connectivity index (χ0) is 18.9. The molecule has 28 heavy (non-hydrogen) atoms. The van der Waals surface area contributed by atoms with E-state index in [1.165, 1.54) is 0 Å². The van der Waals surface area contributed by atoms with Crippen LogP contribution in [0.4, 0.5) is 0 Å². The highest BCUT2D eigenvalue weighted by molar-refractivity contribution is 8.00. The molecule has 0 saturated carbocycles. The van der Waals surface area contributed by atoms with Gasteiger partial charge in [0.2, 0.25) is 0 Å². The van der Waals surface area contributed by atoms with Crippen LogP contribution in [0, 0.1) is 0 Å². The van der Waals surface area contributed by atoms with Crippen LogP contribution in [0.2, 0.25) is 0 Å². The second-order valence-electron chi connectivity index (χ2n) is 6.74. The van der Waals surface area contributed by atoms with E-state index in [1.807, 2.05) is 53.4 Å². The van der Waals surface area contributed by atoms with Gasteiger partial charge in [-0.25, -0.2) is 0 Å². The van der Waals surface area contributed by atoms with E-state index in [4.69, 9.17) is 4.84 Å². The molecule has 2 aliphatic heterocycles. The fourth-order valence-electron chi connectivity index (χ4n) is 3.62. The highest BCUT2D eigenvalue weighted by Crippen LogP contribution is 2.44. The number of oxime groups is 1. The van der Waals surface area contributed by atoms with Crippen LogP contribution in [-0.2, 0) is 18.0 Å². The van der Waals surface area contributed by atoms with Crippen LogP contribution < -0.4 is 0 Å².